The minimum atomic E-state index is -0.594. The Morgan fingerprint density at radius 2 is 2.00 bits per heavy atom. The minimum Gasteiger partial charge on any atom is -0.364 e. The van der Waals surface area contributed by atoms with Gasteiger partial charge in [0.05, 0.1) is 0 Å². The van der Waals surface area contributed by atoms with Crippen molar-refractivity contribution in [3.63, 3.8) is 0 Å². The SMILES string of the molecule is NC(=O)c1cc(-c2cn(C3CCCCO3)nc2-c2ccc(F)cc2)ccn1. The van der Waals surface area contributed by atoms with Crippen molar-refractivity contribution in [3.05, 3.63) is 60.3 Å². The van der Waals surface area contributed by atoms with Crippen molar-refractivity contribution < 1.29 is 13.9 Å². The van der Waals surface area contributed by atoms with Crippen LogP contribution in [0.2, 0.25) is 0 Å². The summed E-state index contributed by atoms with van der Waals surface area (Å²) >= 11 is 0. The monoisotopic (exact) mass is 366 g/mol. The number of primary amides is 1. The van der Waals surface area contributed by atoms with Crippen molar-refractivity contribution in [2.45, 2.75) is 25.5 Å². The maximum Gasteiger partial charge on any atom is 0.267 e. The van der Waals surface area contributed by atoms with Gasteiger partial charge in [0.25, 0.3) is 5.91 Å². The average Bonchev–Trinajstić information content (AvgIpc) is 3.15. The van der Waals surface area contributed by atoms with Gasteiger partial charge in [0.2, 0.25) is 0 Å². The van der Waals surface area contributed by atoms with Crippen LogP contribution in [0.25, 0.3) is 22.4 Å². The first-order valence-electron chi connectivity index (χ1n) is 8.85. The van der Waals surface area contributed by atoms with Gasteiger partial charge in [-0.2, -0.15) is 5.10 Å². The Balaban J connectivity index is 1.83. The molecule has 0 radical (unpaired) electrons. The summed E-state index contributed by atoms with van der Waals surface area (Å²) in [6.45, 7) is 0.701. The lowest BCUT2D eigenvalue weighted by molar-refractivity contribution is -0.0393. The molecular formula is C20H19FN4O2. The second-order valence-electron chi connectivity index (χ2n) is 6.49. The predicted molar refractivity (Wildman–Crippen MR) is 98.2 cm³/mol. The van der Waals surface area contributed by atoms with Crippen LogP contribution >= 0.6 is 0 Å². The minimum absolute atomic E-state index is 0.135. The van der Waals surface area contributed by atoms with E-state index in [1.807, 2.05) is 6.20 Å². The number of nitrogens with two attached hydrogens (primary N) is 1. The topological polar surface area (TPSA) is 83.0 Å². The van der Waals surface area contributed by atoms with Gasteiger partial charge in [0.15, 0.2) is 0 Å². The molecule has 1 aromatic carbocycles. The number of benzene rings is 1. The number of hydrogen-bond donors (Lipinski definition) is 1. The number of carbonyl (C=O) groups is 1. The number of amides is 1. The van der Waals surface area contributed by atoms with Crippen LogP contribution in [-0.2, 0) is 4.74 Å². The molecule has 3 aromatic rings. The number of aromatic nitrogens is 3. The van der Waals surface area contributed by atoms with Gasteiger partial charge in [-0.15, -0.1) is 0 Å². The molecule has 1 aliphatic heterocycles. The lowest BCUT2D eigenvalue weighted by atomic mass is 10.0. The van der Waals surface area contributed by atoms with E-state index in [0.717, 1.165) is 36.0 Å². The second-order valence-corrected chi connectivity index (χ2v) is 6.49. The van der Waals surface area contributed by atoms with Gasteiger partial charge >= 0.3 is 0 Å². The summed E-state index contributed by atoms with van der Waals surface area (Å²) in [5.41, 5.74) is 8.58. The van der Waals surface area contributed by atoms with E-state index in [4.69, 9.17) is 15.6 Å². The van der Waals surface area contributed by atoms with Gasteiger partial charge in [-0.1, -0.05) is 0 Å². The van der Waals surface area contributed by atoms with Crippen molar-refractivity contribution >= 4 is 5.91 Å². The van der Waals surface area contributed by atoms with Crippen LogP contribution in [-0.4, -0.2) is 27.3 Å². The zero-order valence-electron chi connectivity index (χ0n) is 14.6. The molecule has 1 atom stereocenters. The van der Waals surface area contributed by atoms with E-state index in [1.165, 1.54) is 18.3 Å². The first-order valence-corrected chi connectivity index (χ1v) is 8.85. The molecule has 1 saturated heterocycles. The van der Waals surface area contributed by atoms with Crippen molar-refractivity contribution in [2.24, 2.45) is 5.73 Å². The molecule has 3 heterocycles. The third-order valence-electron chi connectivity index (χ3n) is 4.62. The lowest BCUT2D eigenvalue weighted by Crippen LogP contribution is -2.18. The fourth-order valence-corrected chi connectivity index (χ4v) is 3.24. The van der Waals surface area contributed by atoms with Gasteiger partial charge < -0.3 is 10.5 Å². The van der Waals surface area contributed by atoms with Crippen LogP contribution in [0.4, 0.5) is 4.39 Å². The molecule has 27 heavy (non-hydrogen) atoms. The molecule has 4 rings (SSSR count). The van der Waals surface area contributed by atoms with E-state index in [1.54, 1.807) is 28.9 Å². The van der Waals surface area contributed by atoms with Crippen LogP contribution in [0, 0.1) is 5.82 Å². The third-order valence-corrected chi connectivity index (χ3v) is 4.62. The normalized spacial score (nSPS) is 17.0. The smallest absolute Gasteiger partial charge is 0.267 e. The van der Waals surface area contributed by atoms with Gasteiger partial charge in [-0.25, -0.2) is 9.07 Å². The summed E-state index contributed by atoms with van der Waals surface area (Å²) in [4.78, 5) is 15.5. The van der Waals surface area contributed by atoms with Gasteiger partial charge in [-0.05, 0) is 61.2 Å². The van der Waals surface area contributed by atoms with Crippen molar-refractivity contribution in [3.8, 4) is 22.4 Å². The molecule has 2 N–H and O–H groups in total. The summed E-state index contributed by atoms with van der Waals surface area (Å²) in [6.07, 6.45) is 6.30. The molecule has 1 fully saturated rings. The average molecular weight is 366 g/mol. The summed E-state index contributed by atoms with van der Waals surface area (Å²) in [5, 5.41) is 4.72. The van der Waals surface area contributed by atoms with Crippen LogP contribution < -0.4 is 5.73 Å². The number of ether oxygens (including phenoxy) is 1. The number of rotatable bonds is 4. The Bertz CT molecular complexity index is 962. The van der Waals surface area contributed by atoms with Crippen LogP contribution in [0.3, 0.4) is 0 Å². The number of halogens is 1. The standard InChI is InChI=1S/C20H19FN4O2/c21-15-6-4-13(5-7-15)19-16(14-8-9-23-17(11-14)20(22)26)12-25(24-19)18-3-1-2-10-27-18/h4-9,11-12,18H,1-3,10H2,(H2,22,26). The molecular weight excluding hydrogens is 347 g/mol. The fraction of sp³-hybridized carbons (Fsp3) is 0.250. The Hall–Kier alpha value is -3.06. The molecule has 1 aliphatic rings. The zero-order chi connectivity index (χ0) is 18.8. The molecule has 0 spiro atoms. The number of pyridine rings is 1. The van der Waals surface area contributed by atoms with Gasteiger partial charge in [0.1, 0.15) is 23.4 Å². The van der Waals surface area contributed by atoms with Crippen LogP contribution in [0.15, 0.2) is 48.8 Å². The first kappa shape index (κ1) is 17.4. The van der Waals surface area contributed by atoms with Crippen molar-refractivity contribution in [1.29, 1.82) is 0 Å². The van der Waals surface area contributed by atoms with E-state index in [9.17, 15) is 9.18 Å². The van der Waals surface area contributed by atoms with Gasteiger partial charge in [0, 0.05) is 30.1 Å². The largest absolute Gasteiger partial charge is 0.364 e. The van der Waals surface area contributed by atoms with E-state index >= 15 is 0 Å². The van der Waals surface area contributed by atoms with E-state index in [-0.39, 0.29) is 17.7 Å². The highest BCUT2D eigenvalue weighted by atomic mass is 19.1. The van der Waals surface area contributed by atoms with Crippen LogP contribution in [0.1, 0.15) is 36.0 Å². The Kier molecular flexibility index (Phi) is 4.68. The number of hydrogen-bond acceptors (Lipinski definition) is 4. The summed E-state index contributed by atoms with van der Waals surface area (Å²) in [7, 11) is 0. The van der Waals surface area contributed by atoms with E-state index in [2.05, 4.69) is 4.98 Å². The van der Waals surface area contributed by atoms with E-state index in [0.29, 0.717) is 12.3 Å². The van der Waals surface area contributed by atoms with Gasteiger partial charge in [-0.3, -0.25) is 9.78 Å². The first-order chi connectivity index (χ1) is 13.1. The highest BCUT2D eigenvalue weighted by Gasteiger charge is 2.21. The molecule has 138 valence electrons. The summed E-state index contributed by atoms with van der Waals surface area (Å²) < 4.78 is 21.0. The highest BCUT2D eigenvalue weighted by molar-refractivity contribution is 5.92. The Morgan fingerprint density at radius 1 is 1.19 bits per heavy atom. The fourth-order valence-electron chi connectivity index (χ4n) is 3.24. The highest BCUT2D eigenvalue weighted by Crippen LogP contribution is 2.34. The third kappa shape index (κ3) is 3.59. The molecule has 7 heteroatoms. The van der Waals surface area contributed by atoms with Crippen molar-refractivity contribution in [1.82, 2.24) is 14.8 Å². The molecule has 1 amide bonds. The summed E-state index contributed by atoms with van der Waals surface area (Å²) in [5.74, 6) is -0.904. The van der Waals surface area contributed by atoms with E-state index < -0.39 is 5.91 Å². The maximum absolute atomic E-state index is 13.4. The number of carbonyl (C=O) groups excluding carboxylic acids is 1. The molecule has 0 saturated carbocycles. The predicted octanol–water partition coefficient (Wildman–Crippen LogP) is 3.55. The second kappa shape index (κ2) is 7.28. The summed E-state index contributed by atoms with van der Waals surface area (Å²) in [6, 6.07) is 9.60. The van der Waals surface area contributed by atoms with Crippen molar-refractivity contribution in [2.75, 3.05) is 6.61 Å². The molecule has 0 bridgehead atoms. The molecule has 6 nitrogen and oxygen atoms in total. The number of nitrogens with zero attached hydrogens (tertiary/aromatic N) is 3. The molecule has 0 aliphatic carbocycles. The molecule has 1 unspecified atom stereocenters. The lowest BCUT2D eigenvalue weighted by Gasteiger charge is -2.22. The Labute approximate surface area is 155 Å². The Morgan fingerprint density at radius 3 is 2.70 bits per heavy atom. The maximum atomic E-state index is 13.4. The quantitative estimate of drug-likeness (QED) is 0.765. The zero-order valence-corrected chi connectivity index (χ0v) is 14.6. The molecule has 2 aromatic heterocycles. The van der Waals surface area contributed by atoms with Crippen LogP contribution in [0.5, 0.6) is 0 Å².